The molecule has 1 heterocycles. The molecule has 2 unspecified atom stereocenters. The molecular weight excluding hydrogens is 166 g/mol. The molecular formula is C9H19N3O. The van der Waals surface area contributed by atoms with Gasteiger partial charge in [0.05, 0.1) is 18.5 Å². The number of rotatable bonds is 3. The van der Waals surface area contributed by atoms with Gasteiger partial charge in [-0.1, -0.05) is 6.92 Å². The molecule has 0 amide bonds. The Morgan fingerprint density at radius 3 is 3.00 bits per heavy atom. The van der Waals surface area contributed by atoms with Gasteiger partial charge in [-0.2, -0.15) is 0 Å². The Labute approximate surface area is 79.6 Å². The van der Waals surface area contributed by atoms with Gasteiger partial charge in [0.1, 0.15) is 0 Å². The third-order valence-electron chi connectivity index (χ3n) is 2.39. The SMILES string of the molecule is CC1CN(CC(C)C(=N)N)CCO1. The van der Waals surface area contributed by atoms with Crippen LogP contribution in [0.4, 0.5) is 0 Å². The molecule has 0 aromatic heterocycles. The topological polar surface area (TPSA) is 62.3 Å². The van der Waals surface area contributed by atoms with Crippen LogP contribution >= 0.6 is 0 Å². The quantitative estimate of drug-likeness (QED) is 0.490. The minimum Gasteiger partial charge on any atom is -0.387 e. The van der Waals surface area contributed by atoms with Gasteiger partial charge in [0.2, 0.25) is 0 Å². The molecule has 2 atom stereocenters. The summed E-state index contributed by atoms with van der Waals surface area (Å²) in [4.78, 5) is 2.31. The molecule has 0 aliphatic carbocycles. The fourth-order valence-electron chi connectivity index (χ4n) is 1.54. The molecule has 4 nitrogen and oxygen atoms in total. The number of amidine groups is 1. The zero-order valence-corrected chi connectivity index (χ0v) is 8.42. The maximum atomic E-state index is 7.29. The summed E-state index contributed by atoms with van der Waals surface area (Å²) in [5.41, 5.74) is 5.41. The van der Waals surface area contributed by atoms with Gasteiger partial charge in [0, 0.05) is 25.6 Å². The second-order valence-corrected chi connectivity index (χ2v) is 3.80. The van der Waals surface area contributed by atoms with Gasteiger partial charge in [-0.25, -0.2) is 0 Å². The minimum absolute atomic E-state index is 0.158. The van der Waals surface area contributed by atoms with Crippen molar-refractivity contribution in [2.45, 2.75) is 20.0 Å². The molecule has 4 heteroatoms. The first kappa shape index (κ1) is 10.5. The van der Waals surface area contributed by atoms with Crippen LogP contribution in [0.15, 0.2) is 0 Å². The molecule has 0 spiro atoms. The number of ether oxygens (including phenoxy) is 1. The summed E-state index contributed by atoms with van der Waals surface area (Å²) in [6.45, 7) is 7.65. The first-order valence-electron chi connectivity index (χ1n) is 4.77. The number of nitrogens with one attached hydrogen (secondary N) is 1. The smallest absolute Gasteiger partial charge is 0.0947 e. The van der Waals surface area contributed by atoms with Crippen molar-refractivity contribution in [3.05, 3.63) is 0 Å². The first-order chi connectivity index (χ1) is 6.09. The number of hydrogen-bond acceptors (Lipinski definition) is 3. The lowest BCUT2D eigenvalue weighted by atomic mass is 10.1. The third-order valence-corrected chi connectivity index (χ3v) is 2.39. The lowest BCUT2D eigenvalue weighted by molar-refractivity contribution is -0.0201. The van der Waals surface area contributed by atoms with Crippen LogP contribution in [0.25, 0.3) is 0 Å². The average molecular weight is 185 g/mol. The molecule has 1 saturated heterocycles. The van der Waals surface area contributed by atoms with Crippen molar-refractivity contribution >= 4 is 5.84 Å². The van der Waals surface area contributed by atoms with Crippen molar-refractivity contribution < 1.29 is 4.74 Å². The molecule has 0 saturated carbocycles. The van der Waals surface area contributed by atoms with Gasteiger partial charge >= 0.3 is 0 Å². The van der Waals surface area contributed by atoms with Crippen LogP contribution in [-0.2, 0) is 4.74 Å². The molecule has 1 rings (SSSR count). The van der Waals surface area contributed by atoms with E-state index >= 15 is 0 Å². The van der Waals surface area contributed by atoms with E-state index in [1.807, 2.05) is 6.92 Å². The van der Waals surface area contributed by atoms with Crippen LogP contribution in [0.1, 0.15) is 13.8 Å². The van der Waals surface area contributed by atoms with Crippen molar-refractivity contribution in [2.24, 2.45) is 11.7 Å². The predicted octanol–water partition coefficient (Wildman–Crippen LogP) is 0.279. The number of morpholine rings is 1. The summed E-state index contributed by atoms with van der Waals surface area (Å²) in [6, 6.07) is 0. The Bertz CT molecular complexity index is 184. The van der Waals surface area contributed by atoms with Crippen LogP contribution < -0.4 is 5.73 Å². The van der Waals surface area contributed by atoms with E-state index in [1.54, 1.807) is 0 Å². The second-order valence-electron chi connectivity index (χ2n) is 3.80. The van der Waals surface area contributed by atoms with E-state index in [0.29, 0.717) is 6.10 Å². The normalized spacial score (nSPS) is 27.1. The largest absolute Gasteiger partial charge is 0.387 e. The molecule has 13 heavy (non-hydrogen) atoms. The van der Waals surface area contributed by atoms with E-state index in [9.17, 15) is 0 Å². The Morgan fingerprint density at radius 2 is 2.46 bits per heavy atom. The minimum atomic E-state index is 0.158. The average Bonchev–Trinajstić information content (AvgIpc) is 2.04. The van der Waals surface area contributed by atoms with Crippen LogP contribution in [0.5, 0.6) is 0 Å². The molecule has 0 aromatic carbocycles. The highest BCUT2D eigenvalue weighted by atomic mass is 16.5. The van der Waals surface area contributed by atoms with Crippen molar-refractivity contribution in [3.8, 4) is 0 Å². The molecule has 1 fully saturated rings. The van der Waals surface area contributed by atoms with Crippen LogP contribution in [0, 0.1) is 11.3 Å². The summed E-state index contributed by atoms with van der Waals surface area (Å²) < 4.78 is 5.42. The maximum Gasteiger partial charge on any atom is 0.0947 e. The zero-order chi connectivity index (χ0) is 9.84. The monoisotopic (exact) mass is 185 g/mol. The van der Waals surface area contributed by atoms with Gasteiger partial charge in [0.25, 0.3) is 0 Å². The summed E-state index contributed by atoms with van der Waals surface area (Å²) in [6.07, 6.45) is 0.313. The maximum absolute atomic E-state index is 7.29. The Kier molecular flexibility index (Phi) is 3.69. The summed E-state index contributed by atoms with van der Waals surface area (Å²) in [5, 5.41) is 7.29. The van der Waals surface area contributed by atoms with E-state index in [2.05, 4.69) is 11.8 Å². The highest BCUT2D eigenvalue weighted by molar-refractivity contribution is 5.79. The zero-order valence-electron chi connectivity index (χ0n) is 8.42. The lowest BCUT2D eigenvalue weighted by Gasteiger charge is -2.32. The second kappa shape index (κ2) is 4.58. The Balaban J connectivity index is 2.31. The number of nitrogens with two attached hydrogens (primary N) is 1. The van der Waals surface area contributed by atoms with E-state index in [4.69, 9.17) is 15.9 Å². The van der Waals surface area contributed by atoms with E-state index in [-0.39, 0.29) is 11.8 Å². The van der Waals surface area contributed by atoms with Gasteiger partial charge in [-0.3, -0.25) is 10.3 Å². The fourth-order valence-corrected chi connectivity index (χ4v) is 1.54. The molecule has 0 radical (unpaired) electrons. The molecule has 3 N–H and O–H groups in total. The predicted molar refractivity (Wildman–Crippen MR) is 52.9 cm³/mol. The Morgan fingerprint density at radius 1 is 1.77 bits per heavy atom. The number of hydrogen-bond donors (Lipinski definition) is 2. The molecule has 0 bridgehead atoms. The standard InChI is InChI=1S/C9H19N3O/c1-7(9(10)11)5-12-3-4-13-8(2)6-12/h7-8H,3-6H2,1-2H3,(H3,10,11). The van der Waals surface area contributed by atoms with Gasteiger partial charge in [-0.05, 0) is 6.92 Å². The summed E-state index contributed by atoms with van der Waals surface area (Å²) in [7, 11) is 0. The molecule has 0 aromatic rings. The number of nitrogens with zero attached hydrogens (tertiary/aromatic N) is 1. The van der Waals surface area contributed by atoms with Crippen LogP contribution in [0.3, 0.4) is 0 Å². The van der Waals surface area contributed by atoms with Crippen molar-refractivity contribution in [3.63, 3.8) is 0 Å². The van der Waals surface area contributed by atoms with E-state index in [1.165, 1.54) is 0 Å². The summed E-state index contributed by atoms with van der Waals surface area (Å²) in [5.74, 6) is 0.435. The van der Waals surface area contributed by atoms with Crippen molar-refractivity contribution in [1.29, 1.82) is 5.41 Å². The fraction of sp³-hybridized carbons (Fsp3) is 0.889. The van der Waals surface area contributed by atoms with E-state index in [0.717, 1.165) is 26.2 Å². The van der Waals surface area contributed by atoms with Crippen LogP contribution in [0.2, 0.25) is 0 Å². The highest BCUT2D eigenvalue weighted by Crippen LogP contribution is 2.07. The molecule has 1 aliphatic heterocycles. The highest BCUT2D eigenvalue weighted by Gasteiger charge is 2.19. The molecule has 1 aliphatic rings. The first-order valence-corrected chi connectivity index (χ1v) is 4.77. The Hall–Kier alpha value is -0.610. The van der Waals surface area contributed by atoms with Gasteiger partial charge in [0.15, 0.2) is 0 Å². The van der Waals surface area contributed by atoms with Crippen molar-refractivity contribution in [1.82, 2.24) is 4.90 Å². The van der Waals surface area contributed by atoms with Gasteiger partial charge < -0.3 is 10.5 Å². The summed E-state index contributed by atoms with van der Waals surface area (Å²) >= 11 is 0. The lowest BCUT2D eigenvalue weighted by Crippen LogP contribution is -2.44. The van der Waals surface area contributed by atoms with Gasteiger partial charge in [-0.15, -0.1) is 0 Å². The third kappa shape index (κ3) is 3.32. The van der Waals surface area contributed by atoms with Crippen molar-refractivity contribution in [2.75, 3.05) is 26.2 Å². The van der Waals surface area contributed by atoms with Crippen LogP contribution in [-0.4, -0.2) is 43.1 Å². The molecule has 76 valence electrons. The van der Waals surface area contributed by atoms with E-state index < -0.39 is 0 Å².